The van der Waals surface area contributed by atoms with Gasteiger partial charge in [0.2, 0.25) is 11.8 Å². The van der Waals surface area contributed by atoms with Crippen LogP contribution in [0.25, 0.3) is 10.4 Å². The van der Waals surface area contributed by atoms with Crippen LogP contribution in [-0.2, 0) is 14.3 Å². The lowest BCUT2D eigenvalue weighted by molar-refractivity contribution is -0.146. The first kappa shape index (κ1) is 25.3. The van der Waals surface area contributed by atoms with Gasteiger partial charge in [-0.25, -0.2) is 4.98 Å². The minimum Gasteiger partial charge on any atom is -0.380 e. The molecule has 0 aliphatic carbocycles. The number of carbonyl (C=O) groups is 2. The van der Waals surface area contributed by atoms with E-state index in [9.17, 15) is 9.59 Å². The van der Waals surface area contributed by atoms with Crippen molar-refractivity contribution in [3.05, 3.63) is 40.5 Å². The van der Waals surface area contributed by atoms with Crippen molar-refractivity contribution in [2.45, 2.75) is 58.3 Å². The summed E-state index contributed by atoms with van der Waals surface area (Å²) in [4.78, 5) is 37.6. The van der Waals surface area contributed by atoms with Gasteiger partial charge in [-0.05, 0) is 52.9 Å². The van der Waals surface area contributed by atoms with E-state index in [2.05, 4.69) is 29.2 Å². The van der Waals surface area contributed by atoms with E-state index in [4.69, 9.17) is 4.74 Å². The van der Waals surface area contributed by atoms with Crippen LogP contribution in [0.2, 0.25) is 0 Å². The van der Waals surface area contributed by atoms with Gasteiger partial charge in [0.05, 0.1) is 33.8 Å². The number of likely N-dealkylation sites (N-methyl/N-ethyl adjacent to an activating group) is 2. The molecule has 0 spiro atoms. The molecular weight excluding hydrogens is 436 g/mol. The number of aromatic nitrogens is 1. The third kappa shape index (κ3) is 5.28. The molecule has 7 nitrogen and oxygen atoms in total. The topological polar surface area (TPSA) is 66.0 Å². The van der Waals surface area contributed by atoms with Crippen LogP contribution in [0.15, 0.2) is 24.3 Å². The van der Waals surface area contributed by atoms with Crippen LogP contribution < -0.4 is 0 Å². The van der Waals surface area contributed by atoms with Gasteiger partial charge in [-0.3, -0.25) is 14.5 Å². The molecule has 1 aliphatic rings. The summed E-state index contributed by atoms with van der Waals surface area (Å²) in [5.41, 5.74) is 3.22. The van der Waals surface area contributed by atoms with Gasteiger partial charge in [0, 0.05) is 27.1 Å². The fourth-order valence-corrected chi connectivity index (χ4v) is 5.19. The maximum absolute atomic E-state index is 13.5. The molecule has 0 radical (unpaired) electrons. The molecule has 3 rings (SSSR count). The zero-order chi connectivity index (χ0) is 24.4. The zero-order valence-electron chi connectivity index (χ0n) is 21.0. The van der Waals surface area contributed by atoms with E-state index in [1.54, 1.807) is 28.2 Å². The zero-order valence-corrected chi connectivity index (χ0v) is 21.8. The molecule has 2 heterocycles. The Morgan fingerprint density at radius 2 is 1.79 bits per heavy atom. The highest BCUT2D eigenvalue weighted by Gasteiger charge is 2.43. The Hall–Kier alpha value is -2.29. The highest BCUT2D eigenvalue weighted by Crippen LogP contribution is 2.32. The summed E-state index contributed by atoms with van der Waals surface area (Å²) in [5, 5.41) is 1.05. The summed E-state index contributed by atoms with van der Waals surface area (Å²) in [6.07, 6.45) is 0.382. The van der Waals surface area contributed by atoms with E-state index in [1.165, 1.54) is 4.88 Å². The van der Waals surface area contributed by atoms with Crippen LogP contribution >= 0.6 is 11.3 Å². The van der Waals surface area contributed by atoms with Gasteiger partial charge in [0.1, 0.15) is 6.04 Å². The van der Waals surface area contributed by atoms with Crippen molar-refractivity contribution in [3.63, 3.8) is 0 Å². The van der Waals surface area contributed by atoms with E-state index in [-0.39, 0.29) is 30.0 Å². The number of methoxy groups -OCH3 is 1. The van der Waals surface area contributed by atoms with Gasteiger partial charge in [-0.1, -0.05) is 24.3 Å². The highest BCUT2D eigenvalue weighted by molar-refractivity contribution is 7.15. The minimum absolute atomic E-state index is 0.0430. The molecule has 33 heavy (non-hydrogen) atoms. The lowest BCUT2D eigenvalue weighted by atomic mass is 10.0. The van der Waals surface area contributed by atoms with Crippen molar-refractivity contribution in [1.82, 2.24) is 19.7 Å². The quantitative estimate of drug-likeness (QED) is 0.617. The summed E-state index contributed by atoms with van der Waals surface area (Å²) in [7, 11) is 7.19. The maximum Gasteiger partial charge on any atom is 0.245 e. The van der Waals surface area contributed by atoms with Crippen LogP contribution in [0.4, 0.5) is 0 Å². The Bertz CT molecular complexity index is 988. The van der Waals surface area contributed by atoms with Crippen LogP contribution in [0, 0.1) is 13.8 Å². The molecule has 0 N–H and O–H groups in total. The Morgan fingerprint density at radius 3 is 2.30 bits per heavy atom. The van der Waals surface area contributed by atoms with Crippen molar-refractivity contribution in [1.29, 1.82) is 0 Å². The normalized spacial score (nSPS) is 20.2. The summed E-state index contributed by atoms with van der Waals surface area (Å²) in [6, 6.07) is 7.39. The average molecular weight is 473 g/mol. The number of benzene rings is 1. The van der Waals surface area contributed by atoms with E-state index in [0.29, 0.717) is 13.0 Å². The standard InChI is InChI=1S/C25H36N4O3S/c1-15-23(33-18(4)26-15)20-11-9-19(10-12-20)16(2)28(7)25(31)22-13-21(32-8)14-29(22)24(30)17(3)27(5)6/h9-12,16-17,21-22H,13-14H2,1-8H3/t16?,17-,21+,22-/m0/s1. The molecule has 0 bridgehead atoms. The summed E-state index contributed by atoms with van der Waals surface area (Å²) < 4.78 is 5.52. The van der Waals surface area contributed by atoms with Crippen molar-refractivity contribution in [3.8, 4) is 10.4 Å². The van der Waals surface area contributed by atoms with Gasteiger partial charge < -0.3 is 14.5 Å². The molecule has 2 amide bonds. The van der Waals surface area contributed by atoms with Crippen LogP contribution in [0.3, 0.4) is 0 Å². The molecule has 0 saturated carbocycles. The smallest absolute Gasteiger partial charge is 0.245 e. The SMILES string of the molecule is CO[C@@H]1C[C@@H](C(=O)N(C)C(C)c2ccc(-c3sc(C)nc3C)cc2)N(C(=O)[C@H](C)N(C)C)C1. The van der Waals surface area contributed by atoms with Gasteiger partial charge in [-0.2, -0.15) is 0 Å². The molecule has 8 heteroatoms. The van der Waals surface area contributed by atoms with Crippen molar-refractivity contribution in [2.75, 3.05) is 34.8 Å². The number of thiazole rings is 1. The van der Waals surface area contributed by atoms with E-state index in [1.807, 2.05) is 53.7 Å². The minimum atomic E-state index is -0.514. The van der Waals surface area contributed by atoms with Crippen molar-refractivity contribution >= 4 is 23.2 Å². The Labute approximate surface area is 201 Å². The number of nitrogens with zero attached hydrogens (tertiary/aromatic N) is 4. The predicted molar refractivity (Wildman–Crippen MR) is 132 cm³/mol. The summed E-state index contributed by atoms with van der Waals surface area (Å²) in [6.45, 7) is 8.37. The number of rotatable bonds is 7. The number of likely N-dealkylation sites (tertiary alicyclic amines) is 1. The van der Waals surface area contributed by atoms with Gasteiger partial charge >= 0.3 is 0 Å². The fraction of sp³-hybridized carbons (Fsp3) is 0.560. The van der Waals surface area contributed by atoms with E-state index >= 15 is 0 Å². The van der Waals surface area contributed by atoms with Crippen molar-refractivity contribution in [2.24, 2.45) is 0 Å². The number of hydrogen-bond acceptors (Lipinski definition) is 6. The fourth-order valence-electron chi connectivity index (χ4n) is 4.27. The maximum atomic E-state index is 13.5. The Kier molecular flexibility index (Phi) is 7.92. The Balaban J connectivity index is 1.77. The van der Waals surface area contributed by atoms with Gasteiger partial charge in [0.15, 0.2) is 0 Å². The number of aryl methyl sites for hydroxylation is 2. The Morgan fingerprint density at radius 1 is 1.15 bits per heavy atom. The van der Waals surface area contributed by atoms with Crippen LogP contribution in [-0.4, -0.2) is 84.5 Å². The molecule has 1 fully saturated rings. The first-order valence-corrected chi connectivity index (χ1v) is 12.2. The molecule has 1 saturated heterocycles. The average Bonchev–Trinajstić information content (AvgIpc) is 3.39. The lowest BCUT2D eigenvalue weighted by Crippen LogP contribution is -2.51. The summed E-state index contributed by atoms with van der Waals surface area (Å²) in [5.74, 6) is -0.0992. The first-order valence-electron chi connectivity index (χ1n) is 11.4. The largest absolute Gasteiger partial charge is 0.380 e. The number of carbonyl (C=O) groups excluding carboxylic acids is 2. The third-order valence-electron chi connectivity index (χ3n) is 6.78. The second-order valence-electron chi connectivity index (χ2n) is 9.13. The number of amides is 2. The van der Waals surface area contributed by atoms with Gasteiger partial charge in [-0.15, -0.1) is 11.3 Å². The number of hydrogen-bond donors (Lipinski definition) is 0. The monoisotopic (exact) mass is 472 g/mol. The van der Waals surface area contributed by atoms with Crippen LogP contribution in [0.5, 0.6) is 0 Å². The first-order chi connectivity index (χ1) is 15.5. The predicted octanol–water partition coefficient (Wildman–Crippen LogP) is 3.51. The molecule has 2 aromatic rings. The molecule has 1 aromatic heterocycles. The molecule has 1 aliphatic heterocycles. The van der Waals surface area contributed by atoms with E-state index < -0.39 is 6.04 Å². The lowest BCUT2D eigenvalue weighted by Gasteiger charge is -2.33. The van der Waals surface area contributed by atoms with E-state index in [0.717, 1.165) is 21.8 Å². The van der Waals surface area contributed by atoms with Crippen molar-refractivity contribution < 1.29 is 14.3 Å². The third-order valence-corrected chi connectivity index (χ3v) is 7.91. The summed E-state index contributed by atoms with van der Waals surface area (Å²) >= 11 is 1.69. The van der Waals surface area contributed by atoms with Crippen LogP contribution in [0.1, 0.15) is 42.6 Å². The molecule has 180 valence electrons. The second-order valence-corrected chi connectivity index (χ2v) is 10.3. The molecule has 4 atom stereocenters. The molecule has 1 unspecified atom stereocenters. The second kappa shape index (κ2) is 10.3. The highest BCUT2D eigenvalue weighted by atomic mass is 32.1. The number of ether oxygens (including phenoxy) is 1. The molecule has 1 aromatic carbocycles. The molecular formula is C25H36N4O3S. The van der Waals surface area contributed by atoms with Gasteiger partial charge in [0.25, 0.3) is 0 Å².